The van der Waals surface area contributed by atoms with Gasteiger partial charge in [-0.15, -0.1) is 0 Å². The third kappa shape index (κ3) is 3.20. The Bertz CT molecular complexity index is 510. The highest BCUT2D eigenvalue weighted by Gasteiger charge is 2.03. The molecule has 0 aliphatic rings. The van der Waals surface area contributed by atoms with E-state index in [2.05, 4.69) is 15.9 Å². The molecule has 0 saturated carbocycles. The maximum atomic E-state index is 13.3. The second kappa shape index (κ2) is 5.19. The molecule has 0 heterocycles. The Morgan fingerprint density at radius 3 is 2.65 bits per heavy atom. The second-order valence-electron chi connectivity index (χ2n) is 3.61. The van der Waals surface area contributed by atoms with Gasteiger partial charge in [0.2, 0.25) is 0 Å². The van der Waals surface area contributed by atoms with E-state index >= 15 is 0 Å². The van der Waals surface area contributed by atoms with E-state index in [1.54, 1.807) is 30.3 Å². The zero-order valence-corrected chi connectivity index (χ0v) is 10.6. The molecule has 0 aliphatic carbocycles. The predicted molar refractivity (Wildman–Crippen MR) is 69.3 cm³/mol. The van der Waals surface area contributed by atoms with E-state index in [-0.39, 0.29) is 18.2 Å². The Hall–Kier alpha value is -1.55. The summed E-state index contributed by atoms with van der Waals surface area (Å²) in [5.74, 6) is -0.124. The van der Waals surface area contributed by atoms with Crippen molar-refractivity contribution in [1.82, 2.24) is 0 Å². The highest BCUT2D eigenvalue weighted by Crippen LogP contribution is 2.20. The predicted octanol–water partition coefficient (Wildman–Crippen LogP) is 3.75. The number of halogens is 2. The van der Waals surface area contributed by atoms with Crippen LogP contribution in [0.3, 0.4) is 0 Å². The summed E-state index contributed by atoms with van der Waals surface area (Å²) in [5, 5.41) is 0. The summed E-state index contributed by atoms with van der Waals surface area (Å²) in [7, 11) is 0. The molecule has 0 aromatic heterocycles. The van der Waals surface area contributed by atoms with E-state index in [9.17, 15) is 4.39 Å². The molecule has 0 fully saturated rings. The van der Waals surface area contributed by atoms with E-state index in [1.165, 1.54) is 6.07 Å². The van der Waals surface area contributed by atoms with Crippen LogP contribution in [0.2, 0.25) is 0 Å². The summed E-state index contributed by atoms with van der Waals surface area (Å²) in [6.45, 7) is 0.282. The van der Waals surface area contributed by atoms with Gasteiger partial charge in [-0.3, -0.25) is 0 Å². The largest absolute Gasteiger partial charge is 0.486 e. The molecule has 0 bridgehead atoms. The minimum atomic E-state index is -0.365. The van der Waals surface area contributed by atoms with Crippen molar-refractivity contribution in [2.45, 2.75) is 6.61 Å². The van der Waals surface area contributed by atoms with Crippen LogP contribution in [0.4, 0.5) is 10.1 Å². The molecule has 2 rings (SSSR count). The van der Waals surface area contributed by atoms with E-state index in [4.69, 9.17) is 10.5 Å². The quantitative estimate of drug-likeness (QED) is 0.875. The molecule has 0 radical (unpaired) electrons. The molecular weight excluding hydrogens is 285 g/mol. The van der Waals surface area contributed by atoms with Crippen LogP contribution >= 0.6 is 15.9 Å². The fraction of sp³-hybridized carbons (Fsp3) is 0.0769. The van der Waals surface area contributed by atoms with Gasteiger partial charge in [-0.2, -0.15) is 0 Å². The Balaban J connectivity index is 2.10. The molecule has 2 nitrogen and oxygen atoms in total. The fourth-order valence-electron chi connectivity index (χ4n) is 1.48. The second-order valence-corrected chi connectivity index (χ2v) is 4.53. The first-order chi connectivity index (χ1) is 8.15. The van der Waals surface area contributed by atoms with Crippen molar-refractivity contribution in [3.8, 4) is 5.75 Å². The molecular formula is C13H11BrFNO. The fourth-order valence-corrected chi connectivity index (χ4v) is 2.04. The third-order valence-electron chi connectivity index (χ3n) is 2.21. The van der Waals surface area contributed by atoms with Crippen molar-refractivity contribution < 1.29 is 9.13 Å². The van der Waals surface area contributed by atoms with Gasteiger partial charge in [0.15, 0.2) is 11.6 Å². The van der Waals surface area contributed by atoms with Crippen LogP contribution < -0.4 is 10.5 Å². The minimum Gasteiger partial charge on any atom is -0.486 e. The maximum Gasteiger partial charge on any atom is 0.165 e. The number of nitrogen functional groups attached to an aromatic ring is 1. The topological polar surface area (TPSA) is 35.2 Å². The number of rotatable bonds is 3. The summed E-state index contributed by atoms with van der Waals surface area (Å²) < 4.78 is 19.6. The molecule has 0 saturated heterocycles. The first-order valence-corrected chi connectivity index (χ1v) is 5.87. The average molecular weight is 296 g/mol. The molecule has 0 aliphatic heterocycles. The average Bonchev–Trinajstić information content (AvgIpc) is 2.27. The zero-order chi connectivity index (χ0) is 12.3. The van der Waals surface area contributed by atoms with Crippen molar-refractivity contribution in [3.05, 3.63) is 58.3 Å². The number of hydrogen-bond acceptors (Lipinski definition) is 2. The number of hydrogen-bond donors (Lipinski definition) is 1. The van der Waals surface area contributed by atoms with Crippen molar-refractivity contribution in [1.29, 1.82) is 0 Å². The number of nitrogens with two attached hydrogens (primary N) is 1. The minimum absolute atomic E-state index is 0.242. The lowest BCUT2D eigenvalue weighted by atomic mass is 10.2. The van der Waals surface area contributed by atoms with E-state index in [1.807, 2.05) is 6.07 Å². The molecule has 0 unspecified atom stereocenters. The molecule has 88 valence electrons. The van der Waals surface area contributed by atoms with Gasteiger partial charge in [0.05, 0.1) is 0 Å². The number of anilines is 1. The molecule has 2 aromatic rings. The summed E-state index contributed by atoms with van der Waals surface area (Å²) in [5.41, 5.74) is 7.23. The maximum absolute atomic E-state index is 13.3. The number of ether oxygens (including phenoxy) is 1. The summed E-state index contributed by atoms with van der Waals surface area (Å²) in [6, 6.07) is 11.8. The Kier molecular flexibility index (Phi) is 3.64. The van der Waals surface area contributed by atoms with Gasteiger partial charge < -0.3 is 10.5 Å². The molecule has 17 heavy (non-hydrogen) atoms. The standard InChI is InChI=1S/C13H11BrFNO/c14-10-5-9(6-11(16)7-10)8-17-13-4-2-1-3-12(13)15/h1-7H,8,16H2. The normalized spacial score (nSPS) is 10.2. The van der Waals surface area contributed by atoms with E-state index < -0.39 is 0 Å². The van der Waals surface area contributed by atoms with Crippen LogP contribution in [0.25, 0.3) is 0 Å². The Morgan fingerprint density at radius 1 is 1.18 bits per heavy atom. The van der Waals surface area contributed by atoms with Crippen molar-refractivity contribution in [2.24, 2.45) is 0 Å². The van der Waals surface area contributed by atoms with Gasteiger partial charge in [0, 0.05) is 10.2 Å². The van der Waals surface area contributed by atoms with Crippen molar-refractivity contribution in [3.63, 3.8) is 0 Å². The molecule has 4 heteroatoms. The molecule has 2 aromatic carbocycles. The molecule has 0 spiro atoms. The van der Waals surface area contributed by atoms with Crippen LogP contribution in [0.5, 0.6) is 5.75 Å². The number of para-hydroxylation sites is 1. The SMILES string of the molecule is Nc1cc(Br)cc(COc2ccccc2F)c1. The van der Waals surface area contributed by atoms with Gasteiger partial charge in [-0.25, -0.2) is 4.39 Å². The lowest BCUT2D eigenvalue weighted by Gasteiger charge is -2.08. The van der Waals surface area contributed by atoms with Crippen LogP contribution in [0.1, 0.15) is 5.56 Å². The van der Waals surface area contributed by atoms with Gasteiger partial charge in [0.25, 0.3) is 0 Å². The van der Waals surface area contributed by atoms with Crippen LogP contribution in [-0.2, 0) is 6.61 Å². The highest BCUT2D eigenvalue weighted by atomic mass is 79.9. The first kappa shape index (κ1) is 11.9. The molecule has 0 amide bonds. The lowest BCUT2D eigenvalue weighted by molar-refractivity contribution is 0.290. The lowest BCUT2D eigenvalue weighted by Crippen LogP contribution is -1.98. The van der Waals surface area contributed by atoms with Crippen molar-refractivity contribution >= 4 is 21.6 Å². The first-order valence-electron chi connectivity index (χ1n) is 5.07. The van der Waals surface area contributed by atoms with Gasteiger partial charge in [-0.1, -0.05) is 28.1 Å². The van der Waals surface area contributed by atoms with Crippen molar-refractivity contribution in [2.75, 3.05) is 5.73 Å². The van der Waals surface area contributed by atoms with Gasteiger partial charge in [0.1, 0.15) is 6.61 Å². The van der Waals surface area contributed by atoms with E-state index in [0.29, 0.717) is 5.69 Å². The van der Waals surface area contributed by atoms with Crippen LogP contribution in [-0.4, -0.2) is 0 Å². The number of benzene rings is 2. The van der Waals surface area contributed by atoms with E-state index in [0.717, 1.165) is 10.0 Å². The Morgan fingerprint density at radius 2 is 1.94 bits per heavy atom. The smallest absolute Gasteiger partial charge is 0.165 e. The van der Waals surface area contributed by atoms with Gasteiger partial charge >= 0.3 is 0 Å². The summed E-state index contributed by atoms with van der Waals surface area (Å²) in [6.07, 6.45) is 0. The molecule has 0 atom stereocenters. The highest BCUT2D eigenvalue weighted by molar-refractivity contribution is 9.10. The van der Waals surface area contributed by atoms with Crippen LogP contribution in [0, 0.1) is 5.82 Å². The zero-order valence-electron chi connectivity index (χ0n) is 8.99. The Labute approximate surface area is 107 Å². The summed E-state index contributed by atoms with van der Waals surface area (Å²) >= 11 is 3.34. The monoisotopic (exact) mass is 295 g/mol. The third-order valence-corrected chi connectivity index (χ3v) is 2.67. The van der Waals surface area contributed by atoms with Gasteiger partial charge in [-0.05, 0) is 35.9 Å². The van der Waals surface area contributed by atoms with Crippen LogP contribution in [0.15, 0.2) is 46.9 Å². The summed E-state index contributed by atoms with van der Waals surface area (Å²) in [4.78, 5) is 0. The molecule has 2 N–H and O–H groups in total.